The van der Waals surface area contributed by atoms with Crippen molar-refractivity contribution in [3.05, 3.63) is 41.6 Å². The van der Waals surface area contributed by atoms with Gasteiger partial charge in [-0.3, -0.25) is 4.79 Å². The summed E-state index contributed by atoms with van der Waals surface area (Å²) in [5, 5.41) is 20.6. The zero-order valence-corrected chi connectivity index (χ0v) is 18.8. The standard InChI is InChI=1S/C22H25F2N7O3/c1-12-18(34-14-5-3-4-13(8-14)22(32)33)7-6-15(28-12)20-17(31(2)30-29-20)10-25-19-9-16(21(23)24)26-11-27-19/h6-7,9,11,13-14,21H,3-5,8,10H2,1-2H3,(H,32,33)(H,25,26,27)/t13-,14-/m0/s1. The van der Waals surface area contributed by atoms with Gasteiger partial charge in [0.25, 0.3) is 6.43 Å². The maximum absolute atomic E-state index is 12.9. The Kier molecular flexibility index (Phi) is 6.94. The minimum absolute atomic E-state index is 0.163. The van der Waals surface area contributed by atoms with Crippen LogP contribution >= 0.6 is 0 Å². The van der Waals surface area contributed by atoms with E-state index in [4.69, 9.17) is 4.74 Å². The van der Waals surface area contributed by atoms with Gasteiger partial charge in [0.1, 0.15) is 29.3 Å². The second-order valence-electron chi connectivity index (χ2n) is 8.21. The number of anilines is 1. The van der Waals surface area contributed by atoms with Gasteiger partial charge in [-0.25, -0.2) is 28.4 Å². The Morgan fingerprint density at radius 1 is 1.32 bits per heavy atom. The molecule has 1 fully saturated rings. The Morgan fingerprint density at radius 2 is 2.15 bits per heavy atom. The number of nitrogens with zero attached hydrogens (tertiary/aromatic N) is 6. The van der Waals surface area contributed by atoms with Gasteiger partial charge in [0.05, 0.1) is 35.6 Å². The number of aliphatic carboxylic acids is 1. The third-order valence-corrected chi connectivity index (χ3v) is 5.84. The molecule has 3 aromatic heterocycles. The summed E-state index contributed by atoms with van der Waals surface area (Å²) >= 11 is 0. The first-order chi connectivity index (χ1) is 16.3. The Hall–Kier alpha value is -3.70. The summed E-state index contributed by atoms with van der Waals surface area (Å²) in [6.45, 7) is 2.05. The van der Waals surface area contributed by atoms with Gasteiger partial charge in [-0.05, 0) is 44.7 Å². The molecule has 1 aliphatic rings. The van der Waals surface area contributed by atoms with E-state index in [1.807, 2.05) is 6.92 Å². The molecule has 180 valence electrons. The lowest BCUT2D eigenvalue weighted by molar-refractivity contribution is -0.143. The van der Waals surface area contributed by atoms with Crippen molar-refractivity contribution in [3.63, 3.8) is 0 Å². The third-order valence-electron chi connectivity index (χ3n) is 5.84. The van der Waals surface area contributed by atoms with Gasteiger partial charge in [0.2, 0.25) is 0 Å². The van der Waals surface area contributed by atoms with Crippen molar-refractivity contribution in [1.29, 1.82) is 0 Å². The quantitative estimate of drug-likeness (QED) is 0.505. The van der Waals surface area contributed by atoms with Crippen molar-refractivity contribution in [3.8, 4) is 17.1 Å². The fraction of sp³-hybridized carbons (Fsp3) is 0.455. The fourth-order valence-electron chi connectivity index (χ4n) is 4.00. The first-order valence-electron chi connectivity index (χ1n) is 10.9. The van der Waals surface area contributed by atoms with Crippen LogP contribution in [0.3, 0.4) is 0 Å². The van der Waals surface area contributed by atoms with Crippen molar-refractivity contribution in [2.75, 3.05) is 5.32 Å². The molecule has 0 bridgehead atoms. The topological polar surface area (TPSA) is 128 Å². The highest BCUT2D eigenvalue weighted by molar-refractivity contribution is 5.70. The highest BCUT2D eigenvalue weighted by atomic mass is 19.3. The van der Waals surface area contributed by atoms with E-state index in [1.54, 1.807) is 23.9 Å². The summed E-state index contributed by atoms with van der Waals surface area (Å²) in [4.78, 5) is 23.5. The second kappa shape index (κ2) is 10.1. The molecular weight excluding hydrogens is 448 g/mol. The molecule has 0 radical (unpaired) electrons. The molecule has 0 aliphatic heterocycles. The van der Waals surface area contributed by atoms with Crippen LogP contribution in [0.1, 0.15) is 49.2 Å². The van der Waals surface area contributed by atoms with Gasteiger partial charge < -0.3 is 15.2 Å². The monoisotopic (exact) mass is 473 g/mol. The summed E-state index contributed by atoms with van der Waals surface area (Å²) in [6.07, 6.45) is 1.01. The van der Waals surface area contributed by atoms with E-state index in [9.17, 15) is 18.7 Å². The van der Waals surface area contributed by atoms with Crippen LogP contribution < -0.4 is 10.1 Å². The molecule has 12 heteroatoms. The van der Waals surface area contributed by atoms with Crippen LogP contribution in [0, 0.1) is 12.8 Å². The molecular formula is C22H25F2N7O3. The maximum atomic E-state index is 12.9. The molecule has 2 atom stereocenters. The SMILES string of the molecule is Cc1nc(-c2nnn(C)c2CNc2cc(C(F)F)ncn2)ccc1O[C@H]1CCC[C@H](C(=O)O)C1. The largest absolute Gasteiger partial charge is 0.489 e. The number of carboxylic acids is 1. The van der Waals surface area contributed by atoms with Crippen LogP contribution in [-0.4, -0.2) is 47.1 Å². The van der Waals surface area contributed by atoms with Crippen LogP contribution in [0.15, 0.2) is 24.5 Å². The predicted octanol–water partition coefficient (Wildman–Crippen LogP) is 3.55. The molecule has 0 amide bonds. The van der Waals surface area contributed by atoms with E-state index < -0.39 is 12.4 Å². The molecule has 1 aliphatic carbocycles. The van der Waals surface area contributed by atoms with Gasteiger partial charge in [-0.15, -0.1) is 5.10 Å². The number of nitrogens with one attached hydrogen (secondary N) is 1. The van der Waals surface area contributed by atoms with Crippen molar-refractivity contribution in [2.45, 2.75) is 51.7 Å². The lowest BCUT2D eigenvalue weighted by atomic mass is 9.87. The summed E-state index contributed by atoms with van der Waals surface area (Å²) in [6, 6.07) is 4.77. The Bertz CT molecular complexity index is 1170. The van der Waals surface area contributed by atoms with E-state index in [0.29, 0.717) is 41.4 Å². The van der Waals surface area contributed by atoms with E-state index in [1.165, 1.54) is 6.07 Å². The summed E-state index contributed by atoms with van der Waals surface area (Å²) < 4.78 is 33.4. The van der Waals surface area contributed by atoms with Crippen molar-refractivity contribution < 1.29 is 23.4 Å². The minimum Gasteiger partial charge on any atom is -0.489 e. The fourth-order valence-corrected chi connectivity index (χ4v) is 4.00. The summed E-state index contributed by atoms with van der Waals surface area (Å²) in [5.41, 5.74) is 2.10. The number of hydrogen-bond donors (Lipinski definition) is 2. The summed E-state index contributed by atoms with van der Waals surface area (Å²) in [5.74, 6) is -0.302. The Labute approximate surface area is 194 Å². The lowest BCUT2D eigenvalue weighted by Crippen LogP contribution is -2.29. The minimum atomic E-state index is -2.69. The molecule has 1 saturated carbocycles. The molecule has 0 saturated heterocycles. The van der Waals surface area contributed by atoms with E-state index in [-0.39, 0.29) is 30.1 Å². The number of hydrogen-bond acceptors (Lipinski definition) is 8. The van der Waals surface area contributed by atoms with E-state index >= 15 is 0 Å². The molecule has 10 nitrogen and oxygen atoms in total. The molecule has 2 N–H and O–H groups in total. The van der Waals surface area contributed by atoms with Crippen molar-refractivity contribution >= 4 is 11.8 Å². The Balaban J connectivity index is 1.48. The molecule has 4 rings (SSSR count). The number of aromatic nitrogens is 6. The molecule has 0 spiro atoms. The number of rotatable bonds is 8. The molecule has 0 aromatic carbocycles. The van der Waals surface area contributed by atoms with Gasteiger partial charge in [0.15, 0.2) is 0 Å². The van der Waals surface area contributed by atoms with Crippen LogP contribution in [0.25, 0.3) is 11.4 Å². The average molecular weight is 473 g/mol. The molecule has 3 aromatic rings. The maximum Gasteiger partial charge on any atom is 0.306 e. The second-order valence-corrected chi connectivity index (χ2v) is 8.21. The third kappa shape index (κ3) is 5.26. The number of aryl methyl sites for hydroxylation is 2. The first-order valence-corrected chi connectivity index (χ1v) is 10.9. The van der Waals surface area contributed by atoms with E-state index in [0.717, 1.165) is 19.2 Å². The average Bonchev–Trinajstić information content (AvgIpc) is 3.19. The van der Waals surface area contributed by atoms with Crippen LogP contribution in [0.4, 0.5) is 14.6 Å². The number of alkyl halides is 2. The van der Waals surface area contributed by atoms with Gasteiger partial charge in [-0.1, -0.05) is 5.21 Å². The van der Waals surface area contributed by atoms with Gasteiger partial charge >= 0.3 is 5.97 Å². The lowest BCUT2D eigenvalue weighted by Gasteiger charge is -2.27. The van der Waals surface area contributed by atoms with Crippen molar-refractivity contribution in [1.82, 2.24) is 29.9 Å². The first kappa shape index (κ1) is 23.5. The highest BCUT2D eigenvalue weighted by Gasteiger charge is 2.28. The molecule has 34 heavy (non-hydrogen) atoms. The predicted molar refractivity (Wildman–Crippen MR) is 117 cm³/mol. The zero-order chi connectivity index (χ0) is 24.2. The van der Waals surface area contributed by atoms with Crippen LogP contribution in [-0.2, 0) is 18.4 Å². The van der Waals surface area contributed by atoms with Crippen LogP contribution in [0.2, 0.25) is 0 Å². The zero-order valence-electron chi connectivity index (χ0n) is 18.8. The van der Waals surface area contributed by atoms with Crippen LogP contribution in [0.5, 0.6) is 5.75 Å². The molecule has 0 unspecified atom stereocenters. The normalized spacial score (nSPS) is 18.1. The van der Waals surface area contributed by atoms with Gasteiger partial charge in [0, 0.05) is 13.1 Å². The van der Waals surface area contributed by atoms with E-state index in [2.05, 4.69) is 30.6 Å². The number of halogens is 2. The number of pyridine rings is 1. The van der Waals surface area contributed by atoms with Crippen molar-refractivity contribution in [2.24, 2.45) is 13.0 Å². The highest BCUT2D eigenvalue weighted by Crippen LogP contribution is 2.30. The molecule has 3 heterocycles. The Morgan fingerprint density at radius 3 is 2.88 bits per heavy atom. The van der Waals surface area contributed by atoms with Gasteiger partial charge in [-0.2, -0.15) is 0 Å². The number of ether oxygens (including phenoxy) is 1. The smallest absolute Gasteiger partial charge is 0.306 e. The number of carbonyl (C=O) groups is 1. The summed E-state index contributed by atoms with van der Waals surface area (Å²) in [7, 11) is 1.73. The number of carboxylic acid groups (broad SMARTS) is 1.